The highest BCUT2D eigenvalue weighted by atomic mass is 19.1. The molecule has 0 fully saturated rings. The number of benzene rings is 1. The van der Waals surface area contributed by atoms with Crippen molar-refractivity contribution in [1.82, 2.24) is 0 Å². The van der Waals surface area contributed by atoms with Gasteiger partial charge in [-0.2, -0.15) is 5.26 Å². The highest BCUT2D eigenvalue weighted by molar-refractivity contribution is 6.06. The number of nitriles is 1. The normalized spacial score (nSPS) is 11.7. The van der Waals surface area contributed by atoms with Crippen molar-refractivity contribution in [3.63, 3.8) is 0 Å². The van der Waals surface area contributed by atoms with Crippen molar-refractivity contribution in [2.24, 2.45) is 5.92 Å². The second-order valence-electron chi connectivity index (χ2n) is 4.21. The van der Waals surface area contributed by atoms with Gasteiger partial charge in [-0.1, -0.05) is 12.1 Å². The zero-order valence-electron chi connectivity index (χ0n) is 11.3. The maximum absolute atomic E-state index is 12.9. The van der Waals surface area contributed by atoms with E-state index in [2.05, 4.69) is 4.74 Å². The van der Waals surface area contributed by atoms with Crippen LogP contribution in [0.25, 0.3) is 6.08 Å². The first-order chi connectivity index (χ1) is 9.93. The first-order valence-electron chi connectivity index (χ1n) is 6.02. The Hall–Kier alpha value is -2.81. The van der Waals surface area contributed by atoms with Gasteiger partial charge in [0.1, 0.15) is 11.7 Å². The summed E-state index contributed by atoms with van der Waals surface area (Å²) in [6, 6.07) is 7.27. The van der Waals surface area contributed by atoms with Crippen molar-refractivity contribution in [1.29, 1.82) is 10.7 Å². The number of halogens is 1. The first-order valence-corrected chi connectivity index (χ1v) is 6.02. The predicted molar refractivity (Wildman–Crippen MR) is 73.9 cm³/mol. The van der Waals surface area contributed by atoms with Crippen LogP contribution in [0.4, 0.5) is 4.39 Å². The molecule has 0 aromatic heterocycles. The number of esters is 1. The van der Waals surface area contributed by atoms with Crippen molar-refractivity contribution in [3.8, 4) is 6.07 Å². The van der Waals surface area contributed by atoms with Gasteiger partial charge in [0, 0.05) is 11.8 Å². The van der Waals surface area contributed by atoms with Gasteiger partial charge in [0.25, 0.3) is 0 Å². The summed E-state index contributed by atoms with van der Waals surface area (Å²) in [6.45, 7) is 0.748. The van der Waals surface area contributed by atoms with E-state index in [1.54, 1.807) is 12.1 Å². The number of rotatable bonds is 6. The number of nitrogens with one attached hydrogen (secondary N) is 1. The molecule has 0 saturated heterocycles. The molecule has 1 aromatic carbocycles. The molecule has 1 rings (SSSR count). The zero-order chi connectivity index (χ0) is 15.8. The molecule has 0 heterocycles. The minimum absolute atomic E-state index is 0.103. The van der Waals surface area contributed by atoms with Crippen LogP contribution >= 0.6 is 0 Å². The molecule has 108 valence electrons. The lowest BCUT2D eigenvalue weighted by molar-refractivity contribution is -0.143. The Kier molecular flexibility index (Phi) is 5.96. The van der Waals surface area contributed by atoms with E-state index in [-0.39, 0.29) is 5.71 Å². The Morgan fingerprint density at radius 1 is 1.52 bits per heavy atom. The molecule has 0 saturated carbocycles. The van der Waals surface area contributed by atoms with Gasteiger partial charge in [0.15, 0.2) is 12.4 Å². The summed E-state index contributed by atoms with van der Waals surface area (Å²) in [6.07, 6.45) is 2.40. The molecule has 0 spiro atoms. The van der Waals surface area contributed by atoms with Crippen molar-refractivity contribution >= 4 is 23.5 Å². The first kappa shape index (κ1) is 16.2. The van der Waals surface area contributed by atoms with E-state index in [1.807, 2.05) is 0 Å². The minimum Gasteiger partial charge on any atom is -0.454 e. The fourth-order valence-electron chi connectivity index (χ4n) is 1.46. The molecule has 5 nitrogen and oxygen atoms in total. The van der Waals surface area contributed by atoms with Gasteiger partial charge in [-0.15, -0.1) is 0 Å². The summed E-state index contributed by atoms with van der Waals surface area (Å²) in [7, 11) is 0. The van der Waals surface area contributed by atoms with Crippen LogP contribution < -0.4 is 0 Å². The largest absolute Gasteiger partial charge is 0.454 e. The summed E-state index contributed by atoms with van der Waals surface area (Å²) < 4.78 is 17.6. The number of nitrogens with zero attached hydrogens (tertiary/aromatic N) is 1. The lowest BCUT2D eigenvalue weighted by Crippen LogP contribution is -2.25. The smallest absolute Gasteiger partial charge is 0.331 e. The average molecular weight is 288 g/mol. The third kappa shape index (κ3) is 5.37. The quantitative estimate of drug-likeness (QED) is 0.493. The lowest BCUT2D eigenvalue weighted by atomic mass is 10.0. The summed E-state index contributed by atoms with van der Waals surface area (Å²) in [5.74, 6) is -3.08. The Morgan fingerprint density at radius 3 is 2.81 bits per heavy atom. The van der Waals surface area contributed by atoms with Crippen molar-refractivity contribution in [2.75, 3.05) is 6.61 Å². The minimum atomic E-state index is -1.20. The third-order valence-electron chi connectivity index (χ3n) is 2.50. The summed E-state index contributed by atoms with van der Waals surface area (Å²) in [4.78, 5) is 22.9. The van der Waals surface area contributed by atoms with Gasteiger partial charge < -0.3 is 10.1 Å². The fourth-order valence-corrected chi connectivity index (χ4v) is 1.46. The zero-order valence-corrected chi connectivity index (χ0v) is 11.3. The summed E-state index contributed by atoms with van der Waals surface area (Å²) >= 11 is 0. The third-order valence-corrected chi connectivity index (χ3v) is 2.50. The van der Waals surface area contributed by atoms with Crippen LogP contribution in [0.15, 0.2) is 30.3 Å². The van der Waals surface area contributed by atoms with Gasteiger partial charge >= 0.3 is 5.97 Å². The summed E-state index contributed by atoms with van der Waals surface area (Å²) in [5, 5.41) is 16.0. The molecule has 0 radical (unpaired) electrons. The highest BCUT2D eigenvalue weighted by Crippen LogP contribution is 2.06. The number of carbonyl (C=O) groups excluding carboxylic acids is 2. The Bertz CT molecular complexity index is 632. The van der Waals surface area contributed by atoms with Crippen molar-refractivity contribution in [3.05, 3.63) is 41.7 Å². The number of hydrogen-bond donors (Lipinski definition) is 1. The van der Waals surface area contributed by atoms with Crippen LogP contribution in [0.1, 0.15) is 12.5 Å². The topological polar surface area (TPSA) is 91.0 Å². The maximum atomic E-state index is 12.9. The van der Waals surface area contributed by atoms with Gasteiger partial charge in [0.2, 0.25) is 0 Å². The molecule has 1 atom stereocenters. The van der Waals surface area contributed by atoms with E-state index in [1.165, 1.54) is 31.2 Å². The molecule has 21 heavy (non-hydrogen) atoms. The van der Waals surface area contributed by atoms with Crippen LogP contribution in [-0.2, 0) is 14.3 Å². The summed E-state index contributed by atoms with van der Waals surface area (Å²) in [5.41, 5.74) is 0.373. The van der Waals surface area contributed by atoms with E-state index in [0.717, 1.165) is 6.08 Å². The van der Waals surface area contributed by atoms with E-state index in [9.17, 15) is 14.0 Å². The van der Waals surface area contributed by atoms with Crippen LogP contribution in [-0.4, -0.2) is 24.1 Å². The number of hydrogen-bond acceptors (Lipinski definition) is 5. The van der Waals surface area contributed by atoms with Gasteiger partial charge in [-0.3, -0.25) is 4.79 Å². The lowest BCUT2D eigenvalue weighted by Gasteiger charge is -2.05. The molecule has 0 bridgehead atoms. The van der Waals surface area contributed by atoms with Crippen LogP contribution in [0.5, 0.6) is 0 Å². The second kappa shape index (κ2) is 7.70. The van der Waals surface area contributed by atoms with Gasteiger partial charge in [-0.25, -0.2) is 9.18 Å². The maximum Gasteiger partial charge on any atom is 0.331 e. The molecule has 1 aromatic rings. The Morgan fingerprint density at radius 2 is 2.24 bits per heavy atom. The highest BCUT2D eigenvalue weighted by Gasteiger charge is 2.20. The molecule has 0 aliphatic carbocycles. The van der Waals surface area contributed by atoms with Gasteiger partial charge in [0.05, 0.1) is 6.07 Å². The molecular formula is C15H13FN2O3. The Balaban J connectivity index is 2.53. The van der Waals surface area contributed by atoms with Crippen LogP contribution in [0, 0.1) is 28.5 Å². The fraction of sp³-hybridized carbons (Fsp3) is 0.200. The van der Waals surface area contributed by atoms with E-state index in [4.69, 9.17) is 10.7 Å². The van der Waals surface area contributed by atoms with Gasteiger partial charge in [-0.05, 0) is 30.7 Å². The van der Waals surface area contributed by atoms with Crippen LogP contribution in [0.3, 0.4) is 0 Å². The number of Topliss-reactive ketones (excluding diaryl/α,β-unsaturated/α-hetero) is 1. The number of carbonyl (C=O) groups is 2. The van der Waals surface area contributed by atoms with Crippen molar-refractivity contribution < 1.29 is 18.7 Å². The van der Waals surface area contributed by atoms with E-state index >= 15 is 0 Å². The van der Waals surface area contributed by atoms with E-state index < -0.39 is 30.1 Å². The van der Waals surface area contributed by atoms with Crippen molar-refractivity contribution in [2.45, 2.75) is 6.92 Å². The average Bonchev–Trinajstić information content (AvgIpc) is 2.43. The molecular weight excluding hydrogens is 275 g/mol. The molecule has 0 aliphatic heterocycles. The molecule has 0 aliphatic rings. The Labute approximate surface area is 121 Å². The predicted octanol–water partition coefficient (Wildman–Crippen LogP) is 2.13. The monoisotopic (exact) mass is 288 g/mol. The van der Waals surface area contributed by atoms with Crippen LogP contribution in [0.2, 0.25) is 0 Å². The number of ether oxygens (including phenoxy) is 1. The standard InChI is InChI=1S/C15H13FN2O3/c1-10(18)13(8-17)14(19)9-21-15(20)6-5-11-3-2-4-12(16)7-11/h2-7,13,18H,9H2,1H3/b6-5+,18-10?. The van der Waals surface area contributed by atoms with E-state index in [0.29, 0.717) is 5.56 Å². The molecule has 1 unspecified atom stereocenters. The molecule has 1 N–H and O–H groups in total. The molecule has 0 amide bonds. The molecule has 6 heteroatoms. The number of ketones is 1. The SMILES string of the molecule is CC(=N)C(C#N)C(=O)COC(=O)/C=C/c1cccc(F)c1. The second-order valence-corrected chi connectivity index (χ2v) is 4.21.